The molecule has 0 saturated heterocycles. The van der Waals surface area contributed by atoms with Crippen LogP contribution in [0.15, 0.2) is 24.3 Å². The summed E-state index contributed by atoms with van der Waals surface area (Å²) in [7, 11) is 1.97. The Hall–Kier alpha value is -1.49. The minimum Gasteiger partial charge on any atom is -0.345 e. The van der Waals surface area contributed by atoms with Gasteiger partial charge in [0.1, 0.15) is 10.8 Å². The average Bonchev–Trinajstić information content (AvgIpc) is 2.81. The van der Waals surface area contributed by atoms with Gasteiger partial charge in [0.15, 0.2) is 0 Å². The van der Waals surface area contributed by atoms with E-state index in [1.165, 1.54) is 12.1 Å². The molecule has 0 atom stereocenters. The molecule has 19 heavy (non-hydrogen) atoms. The zero-order valence-corrected chi connectivity index (χ0v) is 12.5. The van der Waals surface area contributed by atoms with Crippen LogP contribution >= 0.6 is 11.3 Å². The highest BCUT2D eigenvalue weighted by atomic mass is 32.1. The van der Waals surface area contributed by atoms with Gasteiger partial charge in [-0.15, -0.1) is 10.2 Å². The molecular weight excluding hydrogens is 261 g/mol. The van der Waals surface area contributed by atoms with E-state index in [2.05, 4.69) is 31.0 Å². The lowest BCUT2D eigenvalue weighted by atomic mass is 9.98. The fourth-order valence-corrected chi connectivity index (χ4v) is 2.47. The van der Waals surface area contributed by atoms with E-state index in [9.17, 15) is 4.39 Å². The van der Waals surface area contributed by atoms with Crippen molar-refractivity contribution in [3.05, 3.63) is 40.7 Å². The Morgan fingerprint density at radius 2 is 1.79 bits per heavy atom. The van der Waals surface area contributed by atoms with Crippen LogP contribution in [0, 0.1) is 5.82 Å². The minimum absolute atomic E-state index is 0.0205. The summed E-state index contributed by atoms with van der Waals surface area (Å²) in [5, 5.41) is 10.4. The molecule has 0 saturated carbocycles. The summed E-state index contributed by atoms with van der Waals surface area (Å²) in [5.41, 5.74) is 1.07. The predicted molar refractivity (Wildman–Crippen MR) is 77.1 cm³/mol. The lowest BCUT2D eigenvalue weighted by molar-refractivity contribution is 0.578. The Morgan fingerprint density at radius 3 is 2.32 bits per heavy atom. The van der Waals surface area contributed by atoms with Gasteiger partial charge in [0.05, 0.1) is 0 Å². The van der Waals surface area contributed by atoms with E-state index in [1.807, 2.05) is 11.9 Å². The van der Waals surface area contributed by atoms with Crippen molar-refractivity contribution in [2.24, 2.45) is 0 Å². The predicted octanol–water partition coefficient (Wildman–Crippen LogP) is 3.61. The molecule has 0 N–H and O–H groups in total. The summed E-state index contributed by atoms with van der Waals surface area (Å²) < 4.78 is 12.8. The quantitative estimate of drug-likeness (QED) is 0.859. The van der Waals surface area contributed by atoms with Crippen molar-refractivity contribution in [1.29, 1.82) is 0 Å². The number of nitrogens with zero attached hydrogens (tertiary/aromatic N) is 3. The van der Waals surface area contributed by atoms with E-state index >= 15 is 0 Å². The molecule has 0 fully saturated rings. The molecule has 0 aliphatic rings. The number of halogens is 1. The van der Waals surface area contributed by atoms with E-state index in [0.29, 0.717) is 6.54 Å². The van der Waals surface area contributed by atoms with Crippen LogP contribution in [0.25, 0.3) is 0 Å². The molecule has 1 heterocycles. The summed E-state index contributed by atoms with van der Waals surface area (Å²) in [4.78, 5) is 2.03. The molecule has 3 nitrogen and oxygen atoms in total. The molecule has 2 rings (SSSR count). The first kappa shape index (κ1) is 13.9. The molecule has 0 amide bonds. The maximum atomic E-state index is 12.8. The Kier molecular flexibility index (Phi) is 3.85. The lowest BCUT2D eigenvalue weighted by Crippen LogP contribution is -2.16. The molecule has 1 aromatic heterocycles. The third-order valence-corrected chi connectivity index (χ3v) is 4.18. The van der Waals surface area contributed by atoms with Crippen molar-refractivity contribution >= 4 is 16.5 Å². The number of hydrogen-bond donors (Lipinski definition) is 0. The molecule has 1 aromatic carbocycles. The Morgan fingerprint density at radius 1 is 1.16 bits per heavy atom. The third-order valence-electron chi connectivity index (χ3n) is 2.72. The van der Waals surface area contributed by atoms with E-state index < -0.39 is 0 Å². The number of anilines is 1. The molecular formula is C14H18FN3S. The number of benzene rings is 1. The highest BCUT2D eigenvalue weighted by Gasteiger charge is 2.20. The topological polar surface area (TPSA) is 29.0 Å². The molecule has 0 aliphatic carbocycles. The van der Waals surface area contributed by atoms with Crippen LogP contribution in [0.2, 0.25) is 0 Å². The Bertz CT molecular complexity index is 543. The van der Waals surface area contributed by atoms with Crippen LogP contribution in [0.4, 0.5) is 9.52 Å². The lowest BCUT2D eigenvalue weighted by Gasteiger charge is -2.16. The second-order valence-corrected chi connectivity index (χ2v) is 6.58. The zero-order valence-electron chi connectivity index (χ0n) is 11.6. The van der Waals surface area contributed by atoms with Crippen molar-refractivity contribution in [2.75, 3.05) is 11.9 Å². The van der Waals surface area contributed by atoms with E-state index in [-0.39, 0.29) is 11.2 Å². The van der Waals surface area contributed by atoms with Crippen LogP contribution in [-0.2, 0) is 12.0 Å². The smallest absolute Gasteiger partial charge is 0.208 e. The van der Waals surface area contributed by atoms with Gasteiger partial charge < -0.3 is 4.90 Å². The van der Waals surface area contributed by atoms with Crippen molar-refractivity contribution < 1.29 is 4.39 Å². The number of aromatic nitrogens is 2. The maximum Gasteiger partial charge on any atom is 0.208 e. The van der Waals surface area contributed by atoms with Gasteiger partial charge in [-0.25, -0.2) is 4.39 Å². The highest BCUT2D eigenvalue weighted by molar-refractivity contribution is 7.15. The standard InChI is InChI=1S/C14H18FN3S/c1-14(2,3)12-16-17-13(19-12)18(4)9-10-5-7-11(15)8-6-10/h5-8H,9H2,1-4H3. The van der Waals surface area contributed by atoms with Gasteiger partial charge in [-0.3, -0.25) is 0 Å². The maximum absolute atomic E-state index is 12.8. The summed E-state index contributed by atoms with van der Waals surface area (Å²) in [6.07, 6.45) is 0. The van der Waals surface area contributed by atoms with Crippen LogP contribution in [0.5, 0.6) is 0 Å². The van der Waals surface area contributed by atoms with Crippen LogP contribution in [-0.4, -0.2) is 17.2 Å². The first-order valence-electron chi connectivity index (χ1n) is 6.16. The number of hydrogen-bond acceptors (Lipinski definition) is 4. The second kappa shape index (κ2) is 5.25. The van der Waals surface area contributed by atoms with Gasteiger partial charge in [0.2, 0.25) is 5.13 Å². The van der Waals surface area contributed by atoms with Gasteiger partial charge >= 0.3 is 0 Å². The zero-order chi connectivity index (χ0) is 14.0. The normalized spacial score (nSPS) is 11.6. The van der Waals surface area contributed by atoms with E-state index in [0.717, 1.165) is 15.7 Å². The molecule has 5 heteroatoms. The van der Waals surface area contributed by atoms with Crippen LogP contribution in [0.3, 0.4) is 0 Å². The summed E-state index contributed by atoms with van der Waals surface area (Å²) in [6, 6.07) is 6.53. The van der Waals surface area contributed by atoms with Gasteiger partial charge in [0.25, 0.3) is 0 Å². The Labute approximate surface area is 117 Å². The monoisotopic (exact) mass is 279 g/mol. The van der Waals surface area contributed by atoms with E-state index in [1.54, 1.807) is 23.5 Å². The molecule has 0 spiro atoms. The molecule has 0 radical (unpaired) electrons. The van der Waals surface area contributed by atoms with Gasteiger partial charge in [0, 0.05) is 19.0 Å². The fraction of sp³-hybridized carbons (Fsp3) is 0.429. The molecule has 102 valence electrons. The first-order valence-corrected chi connectivity index (χ1v) is 6.97. The molecule has 2 aromatic rings. The molecule has 0 aliphatic heterocycles. The summed E-state index contributed by atoms with van der Waals surface area (Å²) >= 11 is 1.60. The second-order valence-electron chi connectivity index (χ2n) is 5.62. The van der Waals surface area contributed by atoms with Crippen LogP contribution < -0.4 is 4.90 Å². The largest absolute Gasteiger partial charge is 0.345 e. The number of rotatable bonds is 3. The van der Waals surface area contributed by atoms with Crippen molar-refractivity contribution in [3.63, 3.8) is 0 Å². The van der Waals surface area contributed by atoms with Gasteiger partial charge in [-0.1, -0.05) is 44.2 Å². The fourth-order valence-electron chi connectivity index (χ4n) is 1.60. The minimum atomic E-state index is -0.211. The molecule has 0 bridgehead atoms. The van der Waals surface area contributed by atoms with Crippen molar-refractivity contribution in [2.45, 2.75) is 32.7 Å². The first-order chi connectivity index (χ1) is 8.86. The van der Waals surface area contributed by atoms with Crippen molar-refractivity contribution in [1.82, 2.24) is 10.2 Å². The Balaban J connectivity index is 2.09. The van der Waals surface area contributed by atoms with Crippen molar-refractivity contribution in [3.8, 4) is 0 Å². The molecule has 0 unspecified atom stereocenters. The highest BCUT2D eigenvalue weighted by Crippen LogP contribution is 2.29. The van der Waals surface area contributed by atoms with Gasteiger partial charge in [-0.2, -0.15) is 0 Å². The van der Waals surface area contributed by atoms with E-state index in [4.69, 9.17) is 0 Å². The van der Waals surface area contributed by atoms with Gasteiger partial charge in [-0.05, 0) is 17.7 Å². The SMILES string of the molecule is CN(Cc1ccc(F)cc1)c1nnc(C(C)(C)C)s1. The average molecular weight is 279 g/mol. The summed E-state index contributed by atoms with van der Waals surface area (Å²) in [6.45, 7) is 7.06. The summed E-state index contributed by atoms with van der Waals surface area (Å²) in [5.74, 6) is -0.211. The third kappa shape index (κ3) is 3.50. The van der Waals surface area contributed by atoms with Crippen LogP contribution in [0.1, 0.15) is 31.3 Å².